The fourth-order valence-corrected chi connectivity index (χ4v) is 3.37. The van der Waals surface area contributed by atoms with Crippen LogP contribution in [-0.2, 0) is 0 Å². The van der Waals surface area contributed by atoms with Crippen LogP contribution in [0.5, 0.6) is 0 Å². The van der Waals surface area contributed by atoms with E-state index in [0.717, 1.165) is 12.4 Å². The van der Waals surface area contributed by atoms with Crippen molar-refractivity contribution in [3.05, 3.63) is 23.9 Å². The van der Waals surface area contributed by atoms with E-state index in [-0.39, 0.29) is 0 Å². The summed E-state index contributed by atoms with van der Waals surface area (Å²) >= 11 is 0. The Labute approximate surface area is 110 Å². The van der Waals surface area contributed by atoms with Crippen molar-refractivity contribution in [1.29, 1.82) is 0 Å². The molecular weight excluding hydrogens is 222 g/mol. The Morgan fingerprint density at radius 1 is 1.17 bits per heavy atom. The molecule has 3 nitrogen and oxygen atoms in total. The Balaban J connectivity index is 1.76. The maximum absolute atomic E-state index is 4.69. The van der Waals surface area contributed by atoms with Crippen LogP contribution in [0.25, 0.3) is 0 Å². The highest BCUT2D eigenvalue weighted by molar-refractivity contribution is 5.42. The van der Waals surface area contributed by atoms with Crippen LogP contribution >= 0.6 is 0 Å². The topological polar surface area (TPSA) is 19.4 Å². The van der Waals surface area contributed by atoms with Gasteiger partial charge in [-0.1, -0.05) is 6.07 Å². The average molecular weight is 245 g/mol. The molecule has 98 valence electrons. The van der Waals surface area contributed by atoms with Gasteiger partial charge in [0.15, 0.2) is 0 Å². The van der Waals surface area contributed by atoms with E-state index >= 15 is 0 Å². The third kappa shape index (κ3) is 2.12. The molecule has 0 spiro atoms. The molecule has 2 unspecified atom stereocenters. The van der Waals surface area contributed by atoms with Crippen LogP contribution in [0.15, 0.2) is 18.3 Å². The van der Waals surface area contributed by atoms with Crippen LogP contribution in [-0.4, -0.2) is 36.1 Å². The van der Waals surface area contributed by atoms with Crippen LogP contribution in [0.4, 0.5) is 5.82 Å². The zero-order valence-electron chi connectivity index (χ0n) is 11.5. The molecule has 3 heteroatoms. The molecule has 0 bridgehead atoms. The SMILES string of the molecule is CC1CCCN1c1ccc(C2CCCN2C)cn1. The summed E-state index contributed by atoms with van der Waals surface area (Å²) in [5.41, 5.74) is 1.38. The lowest BCUT2D eigenvalue weighted by Crippen LogP contribution is -2.27. The number of nitrogens with zero attached hydrogens (tertiary/aromatic N) is 3. The largest absolute Gasteiger partial charge is 0.354 e. The van der Waals surface area contributed by atoms with E-state index in [1.807, 2.05) is 0 Å². The van der Waals surface area contributed by atoms with Crippen molar-refractivity contribution >= 4 is 5.82 Å². The van der Waals surface area contributed by atoms with Crippen LogP contribution in [0, 0.1) is 0 Å². The van der Waals surface area contributed by atoms with E-state index in [9.17, 15) is 0 Å². The van der Waals surface area contributed by atoms with E-state index in [0.29, 0.717) is 12.1 Å². The van der Waals surface area contributed by atoms with E-state index in [4.69, 9.17) is 0 Å². The molecule has 2 saturated heterocycles. The highest BCUT2D eigenvalue weighted by Gasteiger charge is 2.24. The highest BCUT2D eigenvalue weighted by atomic mass is 15.2. The van der Waals surface area contributed by atoms with Gasteiger partial charge < -0.3 is 4.90 Å². The summed E-state index contributed by atoms with van der Waals surface area (Å²) in [6, 6.07) is 5.73. The average Bonchev–Trinajstić information content (AvgIpc) is 2.98. The second kappa shape index (κ2) is 4.88. The molecule has 1 aromatic heterocycles. The zero-order valence-corrected chi connectivity index (χ0v) is 11.5. The minimum absolute atomic E-state index is 0.586. The Morgan fingerprint density at radius 3 is 2.56 bits per heavy atom. The van der Waals surface area contributed by atoms with Crippen LogP contribution in [0.3, 0.4) is 0 Å². The fraction of sp³-hybridized carbons (Fsp3) is 0.667. The van der Waals surface area contributed by atoms with Crippen molar-refractivity contribution in [3.8, 4) is 0 Å². The molecule has 1 aromatic rings. The Bertz CT molecular complexity index is 362. The van der Waals surface area contributed by atoms with Crippen LogP contribution in [0.1, 0.15) is 44.2 Å². The highest BCUT2D eigenvalue weighted by Crippen LogP contribution is 2.31. The van der Waals surface area contributed by atoms with E-state index < -0.39 is 0 Å². The standard InChI is InChI=1S/C15H23N3/c1-12-5-3-10-18(12)15-8-7-13(11-16-15)14-6-4-9-17(14)2/h7-8,11-12,14H,3-6,9-10H2,1-2H3. The fourth-order valence-electron chi connectivity index (χ4n) is 3.37. The van der Waals surface area contributed by atoms with Gasteiger partial charge in [-0.2, -0.15) is 0 Å². The Kier molecular flexibility index (Phi) is 3.25. The van der Waals surface area contributed by atoms with Crippen molar-refractivity contribution in [2.24, 2.45) is 0 Å². The molecule has 2 aliphatic rings. The molecule has 3 rings (SSSR count). The first-order valence-corrected chi connectivity index (χ1v) is 7.18. The predicted octanol–water partition coefficient (Wildman–Crippen LogP) is 2.84. The van der Waals surface area contributed by atoms with Crippen LogP contribution < -0.4 is 4.90 Å². The van der Waals surface area contributed by atoms with E-state index in [2.05, 4.69) is 47.1 Å². The molecule has 0 radical (unpaired) electrons. The zero-order chi connectivity index (χ0) is 12.5. The summed E-state index contributed by atoms with van der Waals surface area (Å²) in [4.78, 5) is 9.56. The van der Waals surface area contributed by atoms with Crippen molar-refractivity contribution in [2.75, 3.05) is 25.0 Å². The van der Waals surface area contributed by atoms with Gasteiger partial charge in [0.05, 0.1) is 0 Å². The maximum Gasteiger partial charge on any atom is 0.128 e. The lowest BCUT2D eigenvalue weighted by atomic mass is 10.1. The van der Waals surface area contributed by atoms with Crippen molar-refractivity contribution in [1.82, 2.24) is 9.88 Å². The molecule has 0 aromatic carbocycles. The molecule has 0 N–H and O–H groups in total. The van der Waals surface area contributed by atoms with Crippen molar-refractivity contribution in [3.63, 3.8) is 0 Å². The van der Waals surface area contributed by atoms with Gasteiger partial charge in [-0.15, -0.1) is 0 Å². The summed E-state index contributed by atoms with van der Waals surface area (Å²) in [6.45, 7) is 4.68. The second-order valence-electron chi connectivity index (χ2n) is 5.77. The minimum Gasteiger partial charge on any atom is -0.354 e. The van der Waals surface area contributed by atoms with Crippen molar-refractivity contribution in [2.45, 2.75) is 44.7 Å². The molecule has 2 aliphatic heterocycles. The summed E-state index contributed by atoms with van der Waals surface area (Å²) in [5.74, 6) is 1.16. The first-order valence-electron chi connectivity index (χ1n) is 7.18. The third-order valence-electron chi connectivity index (χ3n) is 4.52. The first-order chi connectivity index (χ1) is 8.75. The van der Waals surface area contributed by atoms with Gasteiger partial charge in [-0.25, -0.2) is 4.98 Å². The van der Waals surface area contributed by atoms with E-state index in [1.165, 1.54) is 37.8 Å². The van der Waals surface area contributed by atoms with Crippen LogP contribution in [0.2, 0.25) is 0 Å². The first kappa shape index (κ1) is 12.0. The van der Waals surface area contributed by atoms with Gasteiger partial charge in [0.1, 0.15) is 5.82 Å². The molecular formula is C15H23N3. The molecule has 2 atom stereocenters. The monoisotopic (exact) mass is 245 g/mol. The summed E-state index contributed by atoms with van der Waals surface area (Å²) in [5, 5.41) is 0. The third-order valence-corrected chi connectivity index (χ3v) is 4.52. The minimum atomic E-state index is 0.586. The number of hydrogen-bond donors (Lipinski definition) is 0. The van der Waals surface area contributed by atoms with Gasteiger partial charge in [0, 0.05) is 24.8 Å². The predicted molar refractivity (Wildman–Crippen MR) is 74.9 cm³/mol. The Morgan fingerprint density at radius 2 is 2.00 bits per heavy atom. The summed E-state index contributed by atoms with van der Waals surface area (Å²) in [6.07, 6.45) is 7.28. The molecule has 2 fully saturated rings. The lowest BCUT2D eigenvalue weighted by molar-refractivity contribution is 0.317. The number of aromatic nitrogens is 1. The van der Waals surface area contributed by atoms with Gasteiger partial charge in [0.25, 0.3) is 0 Å². The van der Waals surface area contributed by atoms with Gasteiger partial charge in [-0.3, -0.25) is 4.90 Å². The Hall–Kier alpha value is -1.09. The lowest BCUT2D eigenvalue weighted by Gasteiger charge is -2.24. The smallest absolute Gasteiger partial charge is 0.128 e. The number of rotatable bonds is 2. The molecule has 3 heterocycles. The quantitative estimate of drug-likeness (QED) is 0.798. The summed E-state index contributed by atoms with van der Waals surface area (Å²) < 4.78 is 0. The number of likely N-dealkylation sites (tertiary alicyclic amines) is 1. The molecule has 18 heavy (non-hydrogen) atoms. The van der Waals surface area contributed by atoms with Gasteiger partial charge >= 0.3 is 0 Å². The second-order valence-corrected chi connectivity index (χ2v) is 5.77. The number of anilines is 1. The molecule has 0 amide bonds. The van der Waals surface area contributed by atoms with Crippen molar-refractivity contribution < 1.29 is 0 Å². The molecule has 0 aliphatic carbocycles. The summed E-state index contributed by atoms with van der Waals surface area (Å²) in [7, 11) is 2.22. The maximum atomic E-state index is 4.69. The molecule has 0 saturated carbocycles. The normalized spacial score (nSPS) is 29.1. The van der Waals surface area contributed by atoms with E-state index in [1.54, 1.807) is 0 Å². The van der Waals surface area contributed by atoms with Gasteiger partial charge in [0.2, 0.25) is 0 Å². The number of hydrogen-bond acceptors (Lipinski definition) is 3. The number of pyridine rings is 1. The van der Waals surface area contributed by atoms with Gasteiger partial charge in [-0.05, 0) is 57.8 Å².